The van der Waals surface area contributed by atoms with Crippen LogP contribution in [-0.2, 0) is 0 Å². The Labute approximate surface area is 79.1 Å². The van der Waals surface area contributed by atoms with E-state index in [9.17, 15) is 0 Å². The first-order valence-electron chi connectivity index (χ1n) is 2.36. The van der Waals surface area contributed by atoms with Crippen molar-refractivity contribution in [3.8, 4) is 0 Å². The van der Waals surface area contributed by atoms with Crippen LogP contribution in [0.5, 0.6) is 0 Å². The zero-order valence-electron chi connectivity index (χ0n) is 5.49. The third-order valence-corrected chi connectivity index (χ3v) is 0.535. The third kappa shape index (κ3) is 17.6. The Hall–Kier alpha value is 1.34. The van der Waals surface area contributed by atoms with Gasteiger partial charge in [-0.25, -0.2) is 0 Å². The fourth-order valence-corrected chi connectivity index (χ4v) is 0.250. The molecule has 4 N–H and O–H groups in total. The van der Waals surface area contributed by atoms with Crippen molar-refractivity contribution in [1.29, 1.82) is 0 Å². The van der Waals surface area contributed by atoms with Gasteiger partial charge in [0.15, 0.2) is 0 Å². The Morgan fingerprint density at radius 3 is 1.89 bits per heavy atom. The normalized spacial score (nSPS) is 10.0. The number of hydrogen-bond donors (Lipinski definition) is 3. The minimum absolute atomic E-state index is 0.424. The number of hydrogen-bond acceptors (Lipinski definition) is 3. The molecular formula is C4H12I2N2O. The van der Waals surface area contributed by atoms with E-state index in [-0.39, 0.29) is 0 Å². The van der Waals surface area contributed by atoms with Gasteiger partial charge in [-0.3, -0.25) is 11.3 Å². The summed E-state index contributed by atoms with van der Waals surface area (Å²) < 4.78 is 0. The van der Waals surface area contributed by atoms with Crippen molar-refractivity contribution in [3.63, 3.8) is 0 Å². The van der Waals surface area contributed by atoms with Crippen molar-refractivity contribution in [2.24, 2.45) is 5.84 Å². The summed E-state index contributed by atoms with van der Waals surface area (Å²) in [6.07, 6.45) is 0. The van der Waals surface area contributed by atoms with Crippen LogP contribution in [0.15, 0.2) is 0 Å². The van der Waals surface area contributed by atoms with Crippen LogP contribution in [0.1, 0.15) is 13.8 Å². The summed E-state index contributed by atoms with van der Waals surface area (Å²) in [4.78, 5) is 0. The molecule has 58 valence electrons. The molecule has 0 atom stereocenters. The van der Waals surface area contributed by atoms with E-state index in [1.165, 1.54) is 0 Å². The van der Waals surface area contributed by atoms with Gasteiger partial charge >= 0.3 is 0 Å². The van der Waals surface area contributed by atoms with Crippen LogP contribution in [0, 0.1) is 0 Å². The molecule has 0 aromatic rings. The molecule has 0 heterocycles. The predicted octanol–water partition coefficient (Wildman–Crippen LogP) is 0.992. The standard InChI is InChI=1S/C4H12N2O.I2/c1-4(2,7)3-6-5;1-2/h6-7H,3,5H2,1-2H3;. The highest BCUT2D eigenvalue weighted by Crippen LogP contribution is 1.94. The summed E-state index contributed by atoms with van der Waals surface area (Å²) in [5.74, 6) is 4.90. The lowest BCUT2D eigenvalue weighted by atomic mass is 10.1. The van der Waals surface area contributed by atoms with Gasteiger partial charge in [0.05, 0.1) is 5.60 Å². The lowest BCUT2D eigenvalue weighted by Gasteiger charge is -2.14. The van der Waals surface area contributed by atoms with E-state index >= 15 is 0 Å². The van der Waals surface area contributed by atoms with Crippen molar-refractivity contribution in [2.75, 3.05) is 6.54 Å². The zero-order valence-corrected chi connectivity index (χ0v) is 9.80. The molecule has 0 amide bonds. The first kappa shape index (κ1) is 13.0. The van der Waals surface area contributed by atoms with E-state index in [0.717, 1.165) is 0 Å². The molecule has 0 aliphatic carbocycles. The molecule has 9 heavy (non-hydrogen) atoms. The van der Waals surface area contributed by atoms with Crippen molar-refractivity contribution < 1.29 is 5.11 Å². The third-order valence-electron chi connectivity index (χ3n) is 0.535. The van der Waals surface area contributed by atoms with Gasteiger partial charge in [-0.2, -0.15) is 0 Å². The van der Waals surface area contributed by atoms with E-state index in [4.69, 9.17) is 10.9 Å². The second-order valence-electron chi connectivity index (χ2n) is 2.19. The van der Waals surface area contributed by atoms with Crippen molar-refractivity contribution in [1.82, 2.24) is 5.43 Å². The molecule has 5 heteroatoms. The highest BCUT2D eigenvalue weighted by Gasteiger charge is 2.08. The highest BCUT2D eigenvalue weighted by atomic mass is 128. The summed E-state index contributed by atoms with van der Waals surface area (Å²) in [7, 11) is 0. The fraction of sp³-hybridized carbons (Fsp3) is 1.00. The maximum Gasteiger partial charge on any atom is 0.0729 e. The molecule has 0 saturated heterocycles. The summed E-state index contributed by atoms with van der Waals surface area (Å²) in [5.41, 5.74) is 1.67. The Balaban J connectivity index is 0. The second-order valence-corrected chi connectivity index (χ2v) is 2.19. The van der Waals surface area contributed by atoms with Crippen LogP contribution in [0.3, 0.4) is 0 Å². The van der Waals surface area contributed by atoms with E-state index in [1.807, 2.05) is 0 Å². The first-order chi connectivity index (χ1) is 4.06. The molecule has 0 radical (unpaired) electrons. The molecule has 0 unspecified atom stereocenters. The molecule has 0 bridgehead atoms. The number of halogens is 2. The Morgan fingerprint density at radius 2 is 1.89 bits per heavy atom. The second kappa shape index (κ2) is 7.45. The van der Waals surface area contributed by atoms with Gasteiger partial charge in [0.2, 0.25) is 0 Å². The smallest absolute Gasteiger partial charge is 0.0729 e. The molecular weight excluding hydrogens is 346 g/mol. The lowest BCUT2D eigenvalue weighted by molar-refractivity contribution is 0.0801. The lowest BCUT2D eigenvalue weighted by Crippen LogP contribution is -2.38. The van der Waals surface area contributed by atoms with Crippen molar-refractivity contribution in [2.45, 2.75) is 19.4 Å². The number of nitrogens with one attached hydrogen (secondary N) is 1. The predicted molar refractivity (Wildman–Crippen MR) is 56.5 cm³/mol. The molecule has 0 saturated carbocycles. The maximum atomic E-state index is 8.88. The van der Waals surface area contributed by atoms with Crippen LogP contribution >= 0.6 is 37.2 Å². The van der Waals surface area contributed by atoms with Crippen molar-refractivity contribution >= 4 is 37.2 Å². The molecule has 3 nitrogen and oxygen atoms in total. The van der Waals surface area contributed by atoms with Crippen LogP contribution in [0.2, 0.25) is 0 Å². The zero-order chi connectivity index (χ0) is 7.91. The quantitative estimate of drug-likeness (QED) is 0.392. The Morgan fingerprint density at radius 1 is 1.56 bits per heavy atom. The Kier molecular flexibility index (Phi) is 10.7. The first-order valence-corrected chi connectivity index (χ1v) is 8.65. The van der Waals surface area contributed by atoms with Gasteiger partial charge in [0.25, 0.3) is 0 Å². The maximum absolute atomic E-state index is 8.88. The molecule has 0 rings (SSSR count). The summed E-state index contributed by atoms with van der Waals surface area (Å²) in [6.45, 7) is 3.80. The SMILES string of the molecule is CC(C)(O)CNN.II. The Bertz CT molecular complexity index is 55.0. The van der Waals surface area contributed by atoms with E-state index in [0.29, 0.717) is 6.54 Å². The van der Waals surface area contributed by atoms with Crippen LogP contribution in [-0.4, -0.2) is 17.3 Å². The van der Waals surface area contributed by atoms with Gasteiger partial charge in [0, 0.05) is 43.8 Å². The molecule has 0 aliphatic heterocycles. The van der Waals surface area contributed by atoms with Gasteiger partial charge in [-0.15, -0.1) is 0 Å². The fourth-order valence-electron chi connectivity index (χ4n) is 0.250. The minimum atomic E-state index is -0.686. The average molecular weight is 358 g/mol. The van der Waals surface area contributed by atoms with Crippen LogP contribution in [0.25, 0.3) is 0 Å². The summed E-state index contributed by atoms with van der Waals surface area (Å²) >= 11 is 4.24. The number of hydrazine groups is 1. The summed E-state index contributed by atoms with van der Waals surface area (Å²) in [6, 6.07) is 0. The van der Waals surface area contributed by atoms with Crippen LogP contribution < -0.4 is 11.3 Å². The minimum Gasteiger partial charge on any atom is -0.389 e. The van der Waals surface area contributed by atoms with Gasteiger partial charge in [0.1, 0.15) is 0 Å². The van der Waals surface area contributed by atoms with Gasteiger partial charge in [-0.05, 0) is 13.8 Å². The topological polar surface area (TPSA) is 58.3 Å². The number of rotatable bonds is 2. The van der Waals surface area contributed by atoms with Crippen molar-refractivity contribution in [3.05, 3.63) is 0 Å². The van der Waals surface area contributed by atoms with Gasteiger partial charge < -0.3 is 5.11 Å². The van der Waals surface area contributed by atoms with E-state index in [1.54, 1.807) is 13.8 Å². The average Bonchev–Trinajstić information content (AvgIpc) is 1.69. The molecule has 0 fully saturated rings. The molecule has 0 aromatic carbocycles. The van der Waals surface area contributed by atoms with Gasteiger partial charge in [-0.1, -0.05) is 0 Å². The number of aliphatic hydroxyl groups is 1. The highest BCUT2D eigenvalue weighted by molar-refractivity contribution is 15.0. The van der Waals surface area contributed by atoms with E-state index in [2.05, 4.69) is 42.7 Å². The summed E-state index contributed by atoms with van der Waals surface area (Å²) in [5, 5.41) is 8.88. The number of nitrogens with two attached hydrogens (primary N) is 1. The molecule has 0 aliphatic rings. The molecule has 0 spiro atoms. The largest absolute Gasteiger partial charge is 0.389 e. The molecule has 0 aromatic heterocycles. The van der Waals surface area contributed by atoms with E-state index < -0.39 is 5.60 Å². The monoisotopic (exact) mass is 358 g/mol. The van der Waals surface area contributed by atoms with Crippen LogP contribution in [0.4, 0.5) is 0 Å².